The highest BCUT2D eigenvalue weighted by molar-refractivity contribution is 7.13. The average Bonchev–Trinajstić information content (AvgIpc) is 3.20. The Labute approximate surface area is 129 Å². The molecule has 0 aliphatic carbocycles. The van der Waals surface area contributed by atoms with Crippen LogP contribution in [-0.4, -0.2) is 25.8 Å². The number of carboxylic acids is 1. The monoisotopic (exact) mass is 319 g/mol. The van der Waals surface area contributed by atoms with Crippen LogP contribution >= 0.6 is 22.7 Å². The standard InChI is InChI=1S/C14H13N3O2S2/c1-14(13(18)19,6-10-2-4-20-9-10)17-8-11(7-16-17)12-15-3-5-21-12/h2-5,7-9H,6H2,1H3,(H,18,19). The molecule has 3 rings (SSSR count). The maximum Gasteiger partial charge on any atom is 0.331 e. The number of aliphatic carboxylic acids is 1. The molecule has 5 nitrogen and oxygen atoms in total. The Morgan fingerprint density at radius 1 is 1.48 bits per heavy atom. The predicted molar refractivity (Wildman–Crippen MR) is 82.6 cm³/mol. The molecule has 3 heterocycles. The molecule has 0 aliphatic rings. The molecule has 0 saturated heterocycles. The smallest absolute Gasteiger partial charge is 0.331 e. The molecule has 1 N–H and O–H groups in total. The fourth-order valence-electron chi connectivity index (χ4n) is 2.11. The Balaban J connectivity index is 1.96. The third-order valence-corrected chi connectivity index (χ3v) is 4.91. The minimum absolute atomic E-state index is 0.394. The first-order valence-corrected chi connectivity index (χ1v) is 8.11. The molecule has 7 heteroatoms. The van der Waals surface area contributed by atoms with Crippen LogP contribution in [-0.2, 0) is 16.8 Å². The third-order valence-electron chi connectivity index (χ3n) is 3.36. The number of carbonyl (C=O) groups is 1. The SMILES string of the molecule is CC(Cc1ccsc1)(C(=O)O)n1cc(-c2nccs2)cn1. The fraction of sp³-hybridized carbons (Fsp3) is 0.214. The lowest BCUT2D eigenvalue weighted by atomic mass is 9.94. The Hall–Kier alpha value is -1.99. The van der Waals surface area contributed by atoms with E-state index in [1.807, 2.05) is 22.2 Å². The minimum Gasteiger partial charge on any atom is -0.479 e. The number of rotatable bonds is 5. The van der Waals surface area contributed by atoms with Gasteiger partial charge in [-0.15, -0.1) is 11.3 Å². The number of carboxylic acid groups (broad SMARTS) is 1. The summed E-state index contributed by atoms with van der Waals surface area (Å²) in [5, 5.41) is 20.5. The zero-order valence-corrected chi connectivity index (χ0v) is 12.9. The number of hydrogen-bond acceptors (Lipinski definition) is 5. The van der Waals surface area contributed by atoms with Crippen LogP contribution in [0.1, 0.15) is 12.5 Å². The van der Waals surface area contributed by atoms with Crippen LogP contribution in [0.25, 0.3) is 10.6 Å². The van der Waals surface area contributed by atoms with Gasteiger partial charge in [0.1, 0.15) is 5.01 Å². The van der Waals surface area contributed by atoms with Crippen molar-refractivity contribution in [3.8, 4) is 10.6 Å². The molecule has 3 aromatic rings. The van der Waals surface area contributed by atoms with Gasteiger partial charge in [-0.1, -0.05) is 0 Å². The summed E-state index contributed by atoms with van der Waals surface area (Å²) in [7, 11) is 0. The molecular formula is C14H13N3O2S2. The Morgan fingerprint density at radius 2 is 2.33 bits per heavy atom. The molecule has 0 amide bonds. The normalized spacial score (nSPS) is 14.0. The van der Waals surface area contributed by atoms with Crippen molar-refractivity contribution in [2.24, 2.45) is 0 Å². The highest BCUT2D eigenvalue weighted by Crippen LogP contribution is 2.27. The van der Waals surface area contributed by atoms with Gasteiger partial charge in [0.15, 0.2) is 5.54 Å². The zero-order valence-electron chi connectivity index (χ0n) is 11.3. The van der Waals surface area contributed by atoms with Gasteiger partial charge < -0.3 is 5.11 Å². The molecular weight excluding hydrogens is 306 g/mol. The van der Waals surface area contributed by atoms with E-state index in [4.69, 9.17) is 0 Å². The first-order valence-electron chi connectivity index (χ1n) is 6.29. The zero-order chi connectivity index (χ0) is 14.9. The summed E-state index contributed by atoms with van der Waals surface area (Å²) in [5.74, 6) is -0.900. The van der Waals surface area contributed by atoms with Gasteiger partial charge in [-0.25, -0.2) is 9.78 Å². The van der Waals surface area contributed by atoms with Gasteiger partial charge in [-0.3, -0.25) is 4.68 Å². The van der Waals surface area contributed by atoms with Crippen LogP contribution < -0.4 is 0 Å². The van der Waals surface area contributed by atoms with Crippen molar-refractivity contribution in [3.05, 3.63) is 46.4 Å². The Bertz CT molecular complexity index is 734. The summed E-state index contributed by atoms with van der Waals surface area (Å²) >= 11 is 3.06. The molecule has 0 radical (unpaired) electrons. The van der Waals surface area contributed by atoms with E-state index in [-0.39, 0.29) is 0 Å². The summed E-state index contributed by atoms with van der Waals surface area (Å²) in [4.78, 5) is 16.0. The Kier molecular flexibility index (Phi) is 3.60. The number of thiophene rings is 1. The summed E-state index contributed by atoms with van der Waals surface area (Å²) < 4.78 is 1.52. The molecule has 1 unspecified atom stereocenters. The maximum absolute atomic E-state index is 11.8. The quantitative estimate of drug-likeness (QED) is 0.784. The van der Waals surface area contributed by atoms with Gasteiger partial charge in [0.2, 0.25) is 0 Å². The third kappa shape index (κ3) is 2.62. The number of hydrogen-bond donors (Lipinski definition) is 1. The van der Waals surface area contributed by atoms with Crippen molar-refractivity contribution in [2.75, 3.05) is 0 Å². The summed E-state index contributed by atoms with van der Waals surface area (Å²) in [6.45, 7) is 1.69. The first kappa shape index (κ1) is 14.0. The molecule has 108 valence electrons. The average molecular weight is 319 g/mol. The molecule has 1 atom stereocenters. The van der Waals surface area contributed by atoms with Crippen LogP contribution in [0.15, 0.2) is 40.8 Å². The second kappa shape index (κ2) is 5.42. The lowest BCUT2D eigenvalue weighted by Gasteiger charge is -2.25. The molecule has 0 bridgehead atoms. The summed E-state index contributed by atoms with van der Waals surface area (Å²) in [5.41, 5.74) is 0.718. The highest BCUT2D eigenvalue weighted by Gasteiger charge is 2.36. The van der Waals surface area contributed by atoms with E-state index in [1.165, 1.54) is 16.0 Å². The van der Waals surface area contributed by atoms with Crippen molar-refractivity contribution < 1.29 is 9.90 Å². The van der Waals surface area contributed by atoms with E-state index in [2.05, 4.69) is 10.1 Å². The minimum atomic E-state index is -1.11. The van der Waals surface area contributed by atoms with Gasteiger partial charge in [0.05, 0.1) is 6.20 Å². The van der Waals surface area contributed by atoms with E-state index in [0.29, 0.717) is 6.42 Å². The lowest BCUT2D eigenvalue weighted by molar-refractivity contribution is -0.147. The summed E-state index contributed by atoms with van der Waals surface area (Å²) in [6.07, 6.45) is 5.52. The van der Waals surface area contributed by atoms with Crippen molar-refractivity contribution in [2.45, 2.75) is 18.9 Å². The predicted octanol–water partition coefficient (Wildman–Crippen LogP) is 3.11. The van der Waals surface area contributed by atoms with Crippen LogP contribution in [0.4, 0.5) is 0 Å². The van der Waals surface area contributed by atoms with Crippen molar-refractivity contribution in [1.82, 2.24) is 14.8 Å². The van der Waals surface area contributed by atoms with E-state index < -0.39 is 11.5 Å². The molecule has 0 spiro atoms. The molecule has 0 saturated carbocycles. The second-order valence-electron chi connectivity index (χ2n) is 4.90. The fourth-order valence-corrected chi connectivity index (χ4v) is 3.40. The summed E-state index contributed by atoms with van der Waals surface area (Å²) in [6, 6.07) is 1.94. The van der Waals surface area contributed by atoms with Crippen LogP contribution in [0.5, 0.6) is 0 Å². The Morgan fingerprint density at radius 3 is 2.95 bits per heavy atom. The molecule has 21 heavy (non-hydrogen) atoms. The molecule has 0 fully saturated rings. The first-order chi connectivity index (χ1) is 10.1. The van der Waals surface area contributed by atoms with Crippen molar-refractivity contribution >= 4 is 28.6 Å². The van der Waals surface area contributed by atoms with E-state index >= 15 is 0 Å². The van der Waals surface area contributed by atoms with Gasteiger partial charge >= 0.3 is 5.97 Å². The number of thiazole rings is 1. The molecule has 0 aliphatic heterocycles. The van der Waals surface area contributed by atoms with Crippen LogP contribution in [0.2, 0.25) is 0 Å². The van der Waals surface area contributed by atoms with Crippen molar-refractivity contribution in [1.29, 1.82) is 0 Å². The van der Waals surface area contributed by atoms with E-state index in [1.54, 1.807) is 36.9 Å². The second-order valence-corrected chi connectivity index (χ2v) is 6.57. The number of nitrogens with zero attached hydrogens (tertiary/aromatic N) is 3. The van der Waals surface area contributed by atoms with Gasteiger partial charge in [0, 0.05) is 29.8 Å². The van der Waals surface area contributed by atoms with Gasteiger partial charge in [-0.05, 0) is 29.3 Å². The number of aromatic nitrogens is 3. The van der Waals surface area contributed by atoms with E-state index in [9.17, 15) is 9.90 Å². The molecule has 3 aromatic heterocycles. The van der Waals surface area contributed by atoms with Crippen LogP contribution in [0, 0.1) is 0 Å². The largest absolute Gasteiger partial charge is 0.479 e. The maximum atomic E-state index is 11.8. The van der Waals surface area contributed by atoms with Crippen molar-refractivity contribution in [3.63, 3.8) is 0 Å². The topological polar surface area (TPSA) is 68.0 Å². The van der Waals surface area contributed by atoms with Crippen LogP contribution in [0.3, 0.4) is 0 Å². The van der Waals surface area contributed by atoms with Gasteiger partial charge in [-0.2, -0.15) is 16.4 Å². The van der Waals surface area contributed by atoms with Gasteiger partial charge in [0.25, 0.3) is 0 Å². The molecule has 0 aromatic carbocycles. The highest BCUT2D eigenvalue weighted by atomic mass is 32.1. The van der Waals surface area contributed by atoms with E-state index in [0.717, 1.165) is 16.1 Å². The lowest BCUT2D eigenvalue weighted by Crippen LogP contribution is -2.41.